The lowest BCUT2D eigenvalue weighted by Crippen LogP contribution is -2.41. The summed E-state index contributed by atoms with van der Waals surface area (Å²) >= 11 is 0. The Kier molecular flexibility index (Phi) is 5.44. The predicted octanol–water partition coefficient (Wildman–Crippen LogP) is 6.24. The lowest BCUT2D eigenvalue weighted by molar-refractivity contribution is -0.143. The second kappa shape index (κ2) is 7.28. The molecule has 0 atom stereocenters. The van der Waals surface area contributed by atoms with Crippen molar-refractivity contribution in [1.82, 2.24) is 0 Å². The normalized spacial score (nSPS) is 18.2. The zero-order valence-electron chi connectivity index (χ0n) is 17.1. The lowest BCUT2D eigenvalue weighted by atomic mass is 9.77. The van der Waals surface area contributed by atoms with Gasteiger partial charge in [-0.15, -0.1) is 0 Å². The van der Waals surface area contributed by atoms with Gasteiger partial charge in [0.25, 0.3) is 0 Å². The molecule has 3 rings (SSSR count). The lowest BCUT2D eigenvalue weighted by Gasteiger charge is -2.32. The summed E-state index contributed by atoms with van der Waals surface area (Å²) in [7, 11) is -0.932. The third-order valence-corrected chi connectivity index (χ3v) is 5.52. The van der Waals surface area contributed by atoms with Crippen LogP contribution in [-0.4, -0.2) is 18.3 Å². The molecule has 1 saturated heterocycles. The molecule has 2 aromatic rings. The van der Waals surface area contributed by atoms with Crippen molar-refractivity contribution in [3.63, 3.8) is 0 Å². The van der Waals surface area contributed by atoms with Gasteiger partial charge < -0.3 is 9.31 Å². The molecule has 0 unspecified atom stereocenters. The van der Waals surface area contributed by atoms with Gasteiger partial charge in [0.2, 0.25) is 0 Å². The Bertz CT molecular complexity index is 1010. The van der Waals surface area contributed by atoms with Crippen molar-refractivity contribution in [2.45, 2.75) is 51.2 Å². The highest BCUT2D eigenvalue weighted by atomic mass is 19.4. The fourth-order valence-electron chi connectivity index (χ4n) is 3.10. The van der Waals surface area contributed by atoms with Gasteiger partial charge in [-0.25, -0.2) is 4.85 Å². The summed E-state index contributed by atoms with van der Waals surface area (Å²) in [4.78, 5) is 3.30. The van der Waals surface area contributed by atoms with Gasteiger partial charge in [0, 0.05) is 0 Å². The Labute approximate surface area is 175 Å². The number of benzene rings is 2. The number of hydrogen-bond donors (Lipinski definition) is 0. The molecule has 3 nitrogen and oxygen atoms in total. The maximum atomic E-state index is 13.2. The van der Waals surface area contributed by atoms with Crippen LogP contribution in [0.4, 0.5) is 32.0 Å². The van der Waals surface area contributed by atoms with Gasteiger partial charge in [-0.3, -0.25) is 0 Å². The Morgan fingerprint density at radius 2 is 1.19 bits per heavy atom. The summed E-state index contributed by atoms with van der Waals surface area (Å²) in [6.07, 6.45) is -9.94. The minimum Gasteiger partial charge on any atom is -0.399 e. The molecule has 31 heavy (non-hydrogen) atoms. The van der Waals surface area contributed by atoms with E-state index in [9.17, 15) is 26.3 Å². The Hall–Kier alpha value is -2.51. The van der Waals surface area contributed by atoms with Crippen LogP contribution in [0, 0.1) is 6.57 Å². The number of rotatable bonds is 2. The van der Waals surface area contributed by atoms with Gasteiger partial charge in [-0.1, -0.05) is 12.1 Å². The molecular weight excluding hydrogens is 423 g/mol. The molecule has 0 aliphatic carbocycles. The minimum atomic E-state index is -4.97. The second-order valence-corrected chi connectivity index (χ2v) is 8.31. The molecule has 164 valence electrons. The summed E-state index contributed by atoms with van der Waals surface area (Å²) in [5.41, 5.74) is -4.22. The molecule has 0 N–H and O–H groups in total. The first-order valence-corrected chi connectivity index (χ1v) is 9.21. The molecule has 0 radical (unpaired) electrons. The summed E-state index contributed by atoms with van der Waals surface area (Å²) in [6.45, 7) is 14.5. The number of halogens is 6. The van der Waals surface area contributed by atoms with Gasteiger partial charge in [-0.2, -0.15) is 26.3 Å². The number of alkyl halides is 6. The molecule has 0 spiro atoms. The van der Waals surface area contributed by atoms with E-state index in [1.54, 1.807) is 27.7 Å². The molecule has 1 aliphatic heterocycles. The van der Waals surface area contributed by atoms with E-state index in [2.05, 4.69) is 4.85 Å². The van der Waals surface area contributed by atoms with E-state index in [1.165, 1.54) is 18.2 Å². The smallest absolute Gasteiger partial charge is 0.399 e. The molecule has 2 aromatic carbocycles. The molecule has 0 amide bonds. The van der Waals surface area contributed by atoms with Crippen molar-refractivity contribution in [2.24, 2.45) is 0 Å². The average Bonchev–Trinajstić information content (AvgIpc) is 2.87. The topological polar surface area (TPSA) is 22.8 Å². The van der Waals surface area contributed by atoms with Crippen LogP contribution in [-0.2, 0) is 21.7 Å². The van der Waals surface area contributed by atoms with E-state index in [4.69, 9.17) is 15.9 Å². The van der Waals surface area contributed by atoms with Crippen LogP contribution in [0.3, 0.4) is 0 Å². The molecular formula is C21H18BF6NO2. The van der Waals surface area contributed by atoms with E-state index in [-0.39, 0.29) is 22.9 Å². The zero-order chi connectivity index (χ0) is 23.4. The van der Waals surface area contributed by atoms with Crippen LogP contribution in [0.2, 0.25) is 0 Å². The Balaban J connectivity index is 2.16. The monoisotopic (exact) mass is 441 g/mol. The van der Waals surface area contributed by atoms with Crippen molar-refractivity contribution in [3.05, 3.63) is 58.9 Å². The summed E-state index contributed by atoms with van der Waals surface area (Å²) < 4.78 is 91.2. The van der Waals surface area contributed by atoms with Gasteiger partial charge in [0.1, 0.15) is 0 Å². The number of hydrogen-bond acceptors (Lipinski definition) is 2. The standard InChI is InChI=1S/C21H18BF6NO2/c1-18(2)19(3,4)31-22(30-18)16-8-13(9-17(11-16)29-5)12-6-14(20(23,24)25)10-15(7-12)21(26,27)28/h6-11H,1-4H3. The fourth-order valence-corrected chi connectivity index (χ4v) is 3.10. The van der Waals surface area contributed by atoms with Gasteiger partial charge in [0.05, 0.1) is 28.9 Å². The van der Waals surface area contributed by atoms with E-state index in [1.807, 2.05) is 0 Å². The predicted molar refractivity (Wildman–Crippen MR) is 104 cm³/mol. The highest BCUT2D eigenvalue weighted by molar-refractivity contribution is 6.62. The first kappa shape index (κ1) is 23.2. The van der Waals surface area contributed by atoms with Crippen LogP contribution >= 0.6 is 0 Å². The second-order valence-electron chi connectivity index (χ2n) is 8.31. The van der Waals surface area contributed by atoms with Gasteiger partial charge >= 0.3 is 19.5 Å². The van der Waals surface area contributed by atoms with E-state index >= 15 is 0 Å². The molecule has 1 aliphatic rings. The first-order valence-electron chi connectivity index (χ1n) is 9.21. The molecule has 0 saturated carbocycles. The minimum absolute atomic E-state index is 0.0230. The quantitative estimate of drug-likeness (QED) is 0.313. The highest BCUT2D eigenvalue weighted by Gasteiger charge is 2.51. The summed E-state index contributed by atoms with van der Waals surface area (Å²) in [5, 5.41) is 0. The maximum absolute atomic E-state index is 13.2. The molecule has 1 fully saturated rings. The third kappa shape index (κ3) is 4.58. The van der Waals surface area contributed by atoms with Crippen molar-refractivity contribution in [2.75, 3.05) is 0 Å². The third-order valence-electron chi connectivity index (χ3n) is 5.52. The fraction of sp³-hybridized carbons (Fsp3) is 0.381. The van der Waals surface area contributed by atoms with Gasteiger partial charge in [0.15, 0.2) is 5.69 Å². The summed E-state index contributed by atoms with van der Waals surface area (Å²) in [5.74, 6) is 0. The summed E-state index contributed by atoms with van der Waals surface area (Å²) in [6, 6.07) is 5.39. The Morgan fingerprint density at radius 3 is 1.61 bits per heavy atom. The average molecular weight is 441 g/mol. The largest absolute Gasteiger partial charge is 0.493 e. The zero-order valence-corrected chi connectivity index (χ0v) is 17.1. The van der Waals surface area contributed by atoms with E-state index in [0.717, 1.165) is 0 Å². The van der Waals surface area contributed by atoms with Crippen molar-refractivity contribution in [1.29, 1.82) is 0 Å². The highest BCUT2D eigenvalue weighted by Crippen LogP contribution is 2.40. The van der Waals surface area contributed by atoms with Gasteiger partial charge in [-0.05, 0) is 68.6 Å². The molecule has 10 heteroatoms. The SMILES string of the molecule is [C-]#[N+]c1cc(B2OC(C)(C)C(C)(C)O2)cc(-c2cc(C(F)(F)F)cc(C(F)(F)F)c2)c1. The van der Waals surface area contributed by atoms with E-state index < -0.39 is 41.8 Å². The van der Waals surface area contributed by atoms with Crippen LogP contribution in [0.5, 0.6) is 0 Å². The first-order chi connectivity index (χ1) is 14.0. The Morgan fingerprint density at radius 1 is 0.742 bits per heavy atom. The number of nitrogens with zero attached hydrogens (tertiary/aromatic N) is 1. The maximum Gasteiger partial charge on any atom is 0.493 e. The van der Waals surface area contributed by atoms with Crippen LogP contribution < -0.4 is 5.46 Å². The molecule has 0 aromatic heterocycles. The van der Waals surface area contributed by atoms with Crippen molar-refractivity contribution < 1.29 is 35.7 Å². The van der Waals surface area contributed by atoms with Crippen molar-refractivity contribution >= 4 is 18.3 Å². The molecule has 1 heterocycles. The molecule has 0 bridgehead atoms. The van der Waals surface area contributed by atoms with E-state index in [0.29, 0.717) is 17.6 Å². The van der Waals surface area contributed by atoms with Crippen LogP contribution in [0.15, 0.2) is 36.4 Å². The van der Waals surface area contributed by atoms with Crippen LogP contribution in [0.25, 0.3) is 16.0 Å². The van der Waals surface area contributed by atoms with Crippen molar-refractivity contribution in [3.8, 4) is 11.1 Å². The van der Waals surface area contributed by atoms with Crippen LogP contribution in [0.1, 0.15) is 38.8 Å².